The molecule has 14 nitrogen and oxygen atoms in total. The van der Waals surface area contributed by atoms with E-state index in [1.807, 2.05) is 39.0 Å². The van der Waals surface area contributed by atoms with Crippen LogP contribution in [-0.4, -0.2) is 87.9 Å². The fourth-order valence-electron chi connectivity index (χ4n) is 6.88. The van der Waals surface area contributed by atoms with Crippen LogP contribution in [-0.2, 0) is 42.2 Å². The number of halogens is 1. The van der Waals surface area contributed by atoms with Crippen LogP contribution in [0.15, 0.2) is 42.3 Å². The largest absolute Gasteiger partial charge is 0.415 e. The Morgan fingerprint density at radius 2 is 1.83 bits per heavy atom. The second kappa shape index (κ2) is 14.3. The molecule has 6 amide bonds. The third kappa shape index (κ3) is 7.91. The molecular formula is C37H49ClN6O8S. The van der Waals surface area contributed by atoms with Crippen molar-refractivity contribution in [2.24, 2.45) is 5.92 Å². The minimum atomic E-state index is -4.01. The van der Waals surface area contributed by atoms with Crippen molar-refractivity contribution in [3.05, 3.63) is 58.5 Å². The molecule has 4 atom stereocenters. The number of sulfonamides is 1. The topological polar surface area (TPSA) is 175 Å². The van der Waals surface area contributed by atoms with Crippen molar-refractivity contribution in [2.75, 3.05) is 7.05 Å². The fraction of sp³-hybridized carbons (Fsp3) is 0.595. The van der Waals surface area contributed by atoms with Gasteiger partial charge in [0.05, 0.1) is 11.3 Å². The van der Waals surface area contributed by atoms with Crippen molar-refractivity contribution in [3.63, 3.8) is 0 Å². The summed E-state index contributed by atoms with van der Waals surface area (Å²) in [6.45, 7) is 7.64. The average molecular weight is 773 g/mol. The number of rotatable bonds is 5. The SMILES string of the molecule is CN(C(=O)N[C@H]1CCCCC/C=C\[C@@H]2C[C@@]2(C(=O)NS(=O)(=O)C2(C)CC2)NC(=O)[C@@H]2CC(OC(=O)N3Cc4cccc(Cl)c4C3)=CN2C1=O)C(C)(C)C. The summed E-state index contributed by atoms with van der Waals surface area (Å²) in [5.41, 5.74) is -0.424. The number of carbonyl (C=O) groups excluding carboxylic acids is 5. The third-order valence-electron chi connectivity index (χ3n) is 11.2. The van der Waals surface area contributed by atoms with Gasteiger partial charge in [-0.1, -0.05) is 48.7 Å². The van der Waals surface area contributed by atoms with Crippen LogP contribution in [0.3, 0.4) is 0 Å². The molecule has 0 saturated heterocycles. The molecule has 53 heavy (non-hydrogen) atoms. The highest BCUT2D eigenvalue weighted by Gasteiger charge is 2.63. The minimum Gasteiger partial charge on any atom is -0.413 e. The summed E-state index contributed by atoms with van der Waals surface area (Å²) in [5.74, 6) is -2.59. The number of nitrogens with zero attached hydrogens (tertiary/aromatic N) is 3. The molecule has 2 aliphatic carbocycles. The van der Waals surface area contributed by atoms with E-state index in [9.17, 15) is 32.4 Å². The smallest absolute Gasteiger partial charge is 0.413 e. The van der Waals surface area contributed by atoms with Gasteiger partial charge in [0.25, 0.3) is 5.91 Å². The van der Waals surface area contributed by atoms with Gasteiger partial charge in [-0.05, 0) is 83.4 Å². The van der Waals surface area contributed by atoms with E-state index in [2.05, 4.69) is 15.4 Å². The van der Waals surface area contributed by atoms with Gasteiger partial charge in [-0.15, -0.1) is 0 Å². The number of benzene rings is 1. The van der Waals surface area contributed by atoms with Crippen LogP contribution >= 0.6 is 11.6 Å². The summed E-state index contributed by atoms with van der Waals surface area (Å²) in [6.07, 6.45) is 8.26. The van der Waals surface area contributed by atoms with Gasteiger partial charge in [-0.3, -0.25) is 24.0 Å². The zero-order valence-corrected chi connectivity index (χ0v) is 32.4. The first kappa shape index (κ1) is 38.6. The second-order valence-electron chi connectivity index (χ2n) is 16.1. The Kier molecular flexibility index (Phi) is 10.4. The Morgan fingerprint density at radius 1 is 1.09 bits per heavy atom. The van der Waals surface area contributed by atoms with E-state index in [4.69, 9.17) is 16.3 Å². The normalized spacial score (nSPS) is 27.4. The first-order valence-corrected chi connectivity index (χ1v) is 20.1. The minimum absolute atomic E-state index is 0.0403. The molecule has 1 aromatic rings. The number of hydrogen-bond donors (Lipinski definition) is 3. The number of allylic oxidation sites excluding steroid dienone is 1. The Morgan fingerprint density at radius 3 is 2.51 bits per heavy atom. The van der Waals surface area contributed by atoms with Gasteiger partial charge in [0, 0.05) is 42.7 Å². The monoisotopic (exact) mass is 772 g/mol. The van der Waals surface area contributed by atoms with Crippen molar-refractivity contribution < 1.29 is 37.1 Å². The summed E-state index contributed by atoms with van der Waals surface area (Å²) in [5, 5.41) is 6.20. The van der Waals surface area contributed by atoms with Crippen LogP contribution < -0.4 is 15.4 Å². The standard InChI is InChI=1S/C37H49ClN6O8S/c1-35(2,3)42(5)33(48)39-28-15-10-8-6-7-9-13-24-19-37(24,32(47)41-53(50,51)36(4)16-17-36)40-30(45)29-18-25(21-44(29)31(28)46)52-34(49)43-20-23-12-11-14-27(38)26(23)22-43/h9,11-14,21,24,28-29H,6-8,10,15-20,22H2,1-5H3,(H,39,48)(H,40,45)(H,41,47)/b13-9-/t24-,28+,29+,37-/m1/s1. The van der Waals surface area contributed by atoms with Crippen LogP contribution in [0.4, 0.5) is 9.59 Å². The number of ether oxygens (including phenoxy) is 1. The van der Waals surface area contributed by atoms with E-state index in [-0.39, 0.29) is 31.7 Å². The summed E-state index contributed by atoms with van der Waals surface area (Å²) in [7, 11) is -2.38. The number of nitrogens with one attached hydrogen (secondary N) is 3. The van der Waals surface area contributed by atoms with Crippen molar-refractivity contribution in [1.29, 1.82) is 0 Å². The van der Waals surface area contributed by atoms with Crippen LogP contribution in [0.5, 0.6) is 0 Å². The number of fused-ring (bicyclic) bond motifs is 3. The Bertz CT molecular complexity index is 1870. The summed E-state index contributed by atoms with van der Waals surface area (Å²) in [6, 6.07) is 2.65. The molecule has 3 aliphatic heterocycles. The van der Waals surface area contributed by atoms with Crippen molar-refractivity contribution >= 4 is 51.5 Å². The highest BCUT2D eigenvalue weighted by molar-refractivity contribution is 7.91. The number of urea groups is 1. The molecule has 3 heterocycles. The molecule has 3 N–H and O–H groups in total. The average Bonchev–Trinajstić information content (AvgIpc) is 3.88. The Labute approximate surface area is 315 Å². The predicted molar refractivity (Wildman–Crippen MR) is 196 cm³/mol. The van der Waals surface area contributed by atoms with E-state index in [1.54, 1.807) is 26.1 Å². The number of hydrogen-bond acceptors (Lipinski definition) is 8. The van der Waals surface area contributed by atoms with Gasteiger partial charge in [0.15, 0.2) is 0 Å². The van der Waals surface area contributed by atoms with Crippen LogP contribution in [0, 0.1) is 5.92 Å². The molecule has 6 rings (SSSR count). The molecule has 0 spiro atoms. The van der Waals surface area contributed by atoms with Gasteiger partial charge < -0.3 is 25.2 Å². The molecule has 0 bridgehead atoms. The number of carbonyl (C=O) groups is 5. The van der Waals surface area contributed by atoms with Crippen LogP contribution in [0.1, 0.15) is 96.6 Å². The maximum absolute atomic E-state index is 14.4. The summed E-state index contributed by atoms with van der Waals surface area (Å²) in [4.78, 5) is 73.4. The Hall–Kier alpha value is -4.11. The molecule has 288 valence electrons. The van der Waals surface area contributed by atoms with Gasteiger partial charge in [0.2, 0.25) is 21.8 Å². The third-order valence-corrected chi connectivity index (χ3v) is 13.7. The van der Waals surface area contributed by atoms with E-state index >= 15 is 0 Å². The number of amides is 6. The predicted octanol–water partition coefficient (Wildman–Crippen LogP) is 4.44. The molecular weight excluding hydrogens is 724 g/mol. The fourth-order valence-corrected chi connectivity index (χ4v) is 8.45. The van der Waals surface area contributed by atoms with E-state index in [0.717, 1.165) is 28.9 Å². The lowest BCUT2D eigenvalue weighted by atomic mass is 10.0. The maximum Gasteiger partial charge on any atom is 0.415 e. The molecule has 2 fully saturated rings. The highest BCUT2D eigenvalue weighted by atomic mass is 35.5. The van der Waals surface area contributed by atoms with Crippen LogP contribution in [0.2, 0.25) is 5.02 Å². The zero-order chi connectivity index (χ0) is 38.5. The van der Waals surface area contributed by atoms with Crippen LogP contribution in [0.25, 0.3) is 0 Å². The highest BCUT2D eigenvalue weighted by Crippen LogP contribution is 2.47. The van der Waals surface area contributed by atoms with Gasteiger partial charge in [-0.25, -0.2) is 18.0 Å². The zero-order valence-electron chi connectivity index (χ0n) is 30.9. The van der Waals surface area contributed by atoms with Gasteiger partial charge >= 0.3 is 12.1 Å². The molecule has 0 aromatic heterocycles. The summed E-state index contributed by atoms with van der Waals surface area (Å²) >= 11 is 6.36. The maximum atomic E-state index is 14.4. The first-order chi connectivity index (χ1) is 24.8. The second-order valence-corrected chi connectivity index (χ2v) is 18.7. The lowest BCUT2D eigenvalue weighted by molar-refractivity contribution is -0.139. The van der Waals surface area contributed by atoms with E-state index in [1.165, 1.54) is 16.0 Å². The van der Waals surface area contributed by atoms with E-state index < -0.39 is 73.7 Å². The molecule has 2 saturated carbocycles. The summed E-state index contributed by atoms with van der Waals surface area (Å²) < 4.78 is 33.2. The lowest BCUT2D eigenvalue weighted by Crippen LogP contribution is -2.59. The lowest BCUT2D eigenvalue weighted by Gasteiger charge is -2.34. The molecule has 1 aromatic carbocycles. The molecule has 0 radical (unpaired) electrons. The quantitative estimate of drug-likeness (QED) is 0.369. The van der Waals surface area contributed by atoms with Crippen molar-refractivity contribution in [2.45, 2.75) is 126 Å². The van der Waals surface area contributed by atoms with Crippen molar-refractivity contribution in [1.82, 2.24) is 30.1 Å². The molecule has 0 unspecified atom stereocenters. The van der Waals surface area contributed by atoms with Crippen molar-refractivity contribution in [3.8, 4) is 0 Å². The van der Waals surface area contributed by atoms with Gasteiger partial charge in [0.1, 0.15) is 23.4 Å². The molecule has 5 aliphatic rings. The first-order valence-electron chi connectivity index (χ1n) is 18.2. The Balaban J connectivity index is 1.28. The van der Waals surface area contributed by atoms with E-state index in [0.29, 0.717) is 37.1 Å². The van der Waals surface area contributed by atoms with Gasteiger partial charge in [-0.2, -0.15) is 0 Å². The molecule has 16 heteroatoms.